The quantitative estimate of drug-likeness (QED) is 0.583. The molecule has 0 amide bonds. The zero-order chi connectivity index (χ0) is 16.9. The van der Waals surface area contributed by atoms with Crippen molar-refractivity contribution in [2.45, 2.75) is 31.1 Å². The van der Waals surface area contributed by atoms with Gasteiger partial charge in [-0.1, -0.05) is 49.1 Å². The van der Waals surface area contributed by atoms with Crippen LogP contribution < -0.4 is 4.89 Å². The summed E-state index contributed by atoms with van der Waals surface area (Å²) in [6, 6.07) is 12.2. The summed E-state index contributed by atoms with van der Waals surface area (Å²) in [5, 5.41) is 0. The van der Waals surface area contributed by atoms with Gasteiger partial charge in [0.2, 0.25) is 0 Å². The van der Waals surface area contributed by atoms with Gasteiger partial charge in [0.25, 0.3) is 10.0 Å². The monoisotopic (exact) mass is 353 g/mol. The molecular formula is C16H19NO4S2. The molecule has 0 aliphatic rings. The van der Waals surface area contributed by atoms with Gasteiger partial charge in [0, 0.05) is 6.42 Å². The highest BCUT2D eigenvalue weighted by Crippen LogP contribution is 2.23. The normalized spacial score (nSPS) is 11.8. The fourth-order valence-corrected chi connectivity index (χ4v) is 3.93. The molecule has 0 aliphatic heterocycles. The van der Waals surface area contributed by atoms with Gasteiger partial charge < -0.3 is 0 Å². The zero-order valence-corrected chi connectivity index (χ0v) is 14.6. The minimum atomic E-state index is -3.78. The maximum atomic E-state index is 12.1. The fraction of sp³-hybridized carbons (Fsp3) is 0.312. The molecular weight excluding hydrogens is 334 g/mol. The molecule has 2 rings (SSSR count). The SMILES string of the molecule is CC(C)CC(=O)c1ccc(S(=O)(=O)NOCc2ccccc2)s1. The maximum absolute atomic E-state index is 12.1. The molecule has 1 aromatic heterocycles. The zero-order valence-electron chi connectivity index (χ0n) is 13.0. The Labute approximate surface area is 140 Å². The Balaban J connectivity index is 1.97. The number of rotatable bonds is 8. The molecule has 0 fully saturated rings. The van der Waals surface area contributed by atoms with E-state index >= 15 is 0 Å². The van der Waals surface area contributed by atoms with Gasteiger partial charge in [-0.2, -0.15) is 0 Å². The largest absolute Gasteiger partial charge is 0.293 e. The summed E-state index contributed by atoms with van der Waals surface area (Å²) in [5.41, 5.74) is 0.856. The Hall–Kier alpha value is -1.54. The summed E-state index contributed by atoms with van der Waals surface area (Å²) in [6.07, 6.45) is 0.401. The van der Waals surface area contributed by atoms with Gasteiger partial charge in [0.15, 0.2) is 5.78 Å². The van der Waals surface area contributed by atoms with E-state index in [-0.39, 0.29) is 22.5 Å². The molecule has 124 valence electrons. The molecule has 7 heteroatoms. The Morgan fingerprint density at radius 3 is 2.52 bits per heavy atom. The van der Waals surface area contributed by atoms with Crippen LogP contribution in [0.25, 0.3) is 0 Å². The lowest BCUT2D eigenvalue weighted by Gasteiger charge is -2.05. The first kappa shape index (κ1) is 17.8. The number of nitrogens with one attached hydrogen (secondary N) is 1. The number of ketones is 1. The van der Waals surface area contributed by atoms with Gasteiger partial charge in [0.1, 0.15) is 4.21 Å². The Bertz CT molecular complexity index is 751. The van der Waals surface area contributed by atoms with Crippen LogP contribution in [0.1, 0.15) is 35.5 Å². The predicted molar refractivity (Wildman–Crippen MR) is 89.7 cm³/mol. The second-order valence-electron chi connectivity index (χ2n) is 5.50. The molecule has 1 heterocycles. The Morgan fingerprint density at radius 1 is 1.17 bits per heavy atom. The molecule has 0 saturated heterocycles. The van der Waals surface area contributed by atoms with Gasteiger partial charge in [-0.15, -0.1) is 11.3 Å². The van der Waals surface area contributed by atoms with Gasteiger partial charge in [-0.3, -0.25) is 9.63 Å². The number of Topliss-reactive ketones (excluding diaryl/α,β-unsaturated/α-hetero) is 1. The van der Waals surface area contributed by atoms with Crippen LogP contribution in [0, 0.1) is 5.92 Å². The number of hydrogen-bond acceptors (Lipinski definition) is 5. The molecule has 5 nitrogen and oxygen atoms in total. The molecule has 1 aromatic carbocycles. The molecule has 0 atom stereocenters. The summed E-state index contributed by atoms with van der Waals surface area (Å²) in [4.78, 5) is 19.5. The molecule has 0 spiro atoms. The smallest absolute Gasteiger partial charge is 0.271 e. The number of carbonyl (C=O) groups excluding carboxylic acids is 1. The summed E-state index contributed by atoms with van der Waals surface area (Å²) in [7, 11) is -3.78. The van der Waals surface area contributed by atoms with Crippen molar-refractivity contribution in [3.63, 3.8) is 0 Å². The third-order valence-electron chi connectivity index (χ3n) is 2.96. The summed E-state index contributed by atoms with van der Waals surface area (Å²) >= 11 is 0.956. The van der Waals surface area contributed by atoms with Crippen LogP contribution >= 0.6 is 11.3 Å². The van der Waals surface area contributed by atoms with Crippen molar-refractivity contribution in [1.82, 2.24) is 4.89 Å². The van der Waals surface area contributed by atoms with E-state index in [4.69, 9.17) is 4.84 Å². The molecule has 0 aliphatic carbocycles. The topological polar surface area (TPSA) is 72.5 Å². The molecule has 0 bridgehead atoms. The Kier molecular flexibility index (Phi) is 6.06. The van der Waals surface area contributed by atoms with Crippen LogP contribution in [0.3, 0.4) is 0 Å². The summed E-state index contributed by atoms with van der Waals surface area (Å²) in [5.74, 6) is 0.189. The molecule has 23 heavy (non-hydrogen) atoms. The second-order valence-corrected chi connectivity index (χ2v) is 8.46. The van der Waals surface area contributed by atoms with E-state index in [0.29, 0.717) is 11.3 Å². The lowest BCUT2D eigenvalue weighted by molar-refractivity contribution is 0.0797. The highest BCUT2D eigenvalue weighted by Gasteiger charge is 2.19. The minimum absolute atomic E-state index is 0.0448. The number of sulfonamides is 1. The van der Waals surface area contributed by atoms with Crippen molar-refractivity contribution in [3.05, 3.63) is 52.9 Å². The first-order valence-electron chi connectivity index (χ1n) is 7.19. The van der Waals surface area contributed by atoms with Crippen molar-refractivity contribution >= 4 is 27.1 Å². The lowest BCUT2D eigenvalue weighted by Crippen LogP contribution is -2.23. The van der Waals surface area contributed by atoms with Crippen molar-refractivity contribution in [1.29, 1.82) is 0 Å². The maximum Gasteiger partial charge on any atom is 0.271 e. The minimum Gasteiger partial charge on any atom is -0.293 e. The van der Waals surface area contributed by atoms with Gasteiger partial charge in [0.05, 0.1) is 11.5 Å². The molecule has 1 N–H and O–H groups in total. The highest BCUT2D eigenvalue weighted by molar-refractivity contribution is 7.91. The van der Waals surface area contributed by atoms with Crippen molar-refractivity contribution in [2.24, 2.45) is 5.92 Å². The van der Waals surface area contributed by atoms with Crippen molar-refractivity contribution in [3.8, 4) is 0 Å². The van der Waals surface area contributed by atoms with Crippen LogP contribution in [0.5, 0.6) is 0 Å². The van der Waals surface area contributed by atoms with Gasteiger partial charge in [-0.05, 0) is 23.6 Å². The average molecular weight is 353 g/mol. The van der Waals surface area contributed by atoms with Crippen LogP contribution in [-0.2, 0) is 21.5 Å². The molecule has 2 aromatic rings. The molecule has 0 radical (unpaired) electrons. The van der Waals surface area contributed by atoms with E-state index in [2.05, 4.69) is 4.89 Å². The van der Waals surface area contributed by atoms with E-state index in [1.54, 1.807) is 6.07 Å². The average Bonchev–Trinajstić information content (AvgIpc) is 2.98. The van der Waals surface area contributed by atoms with Crippen molar-refractivity contribution < 1.29 is 18.0 Å². The lowest BCUT2D eigenvalue weighted by atomic mass is 10.1. The van der Waals surface area contributed by atoms with E-state index in [1.807, 2.05) is 44.2 Å². The third-order valence-corrected chi connectivity index (χ3v) is 5.80. The van der Waals surface area contributed by atoms with Crippen LogP contribution in [0.2, 0.25) is 0 Å². The number of thiophene rings is 1. The van der Waals surface area contributed by atoms with Crippen molar-refractivity contribution in [2.75, 3.05) is 0 Å². The van der Waals surface area contributed by atoms with Gasteiger partial charge >= 0.3 is 0 Å². The number of benzene rings is 1. The molecule has 0 saturated carbocycles. The predicted octanol–water partition coefficient (Wildman–Crippen LogP) is 3.39. The number of hydrogen-bond donors (Lipinski definition) is 1. The Morgan fingerprint density at radius 2 is 1.87 bits per heavy atom. The van der Waals surface area contributed by atoms with Gasteiger partial charge in [-0.25, -0.2) is 8.42 Å². The fourth-order valence-electron chi connectivity index (χ4n) is 1.89. The van der Waals surface area contributed by atoms with E-state index < -0.39 is 10.0 Å². The summed E-state index contributed by atoms with van der Waals surface area (Å²) < 4.78 is 24.4. The van der Waals surface area contributed by atoms with Crippen LogP contribution in [-0.4, -0.2) is 14.2 Å². The highest BCUT2D eigenvalue weighted by atomic mass is 32.2. The van der Waals surface area contributed by atoms with Crippen LogP contribution in [0.4, 0.5) is 0 Å². The van der Waals surface area contributed by atoms with E-state index in [0.717, 1.165) is 16.9 Å². The first-order chi connectivity index (χ1) is 10.9. The van der Waals surface area contributed by atoms with E-state index in [9.17, 15) is 13.2 Å². The van der Waals surface area contributed by atoms with E-state index in [1.165, 1.54) is 6.07 Å². The standard InChI is InChI=1S/C16H19NO4S2/c1-12(2)10-14(18)15-8-9-16(22-15)23(19,20)17-21-11-13-6-4-3-5-7-13/h3-9,12,17H,10-11H2,1-2H3. The number of carbonyl (C=O) groups is 1. The third kappa shape index (κ3) is 5.24. The second kappa shape index (κ2) is 7.83. The summed E-state index contributed by atoms with van der Waals surface area (Å²) in [6.45, 7) is 4.02. The molecule has 0 unspecified atom stereocenters. The van der Waals surface area contributed by atoms with Crippen LogP contribution in [0.15, 0.2) is 46.7 Å². The first-order valence-corrected chi connectivity index (χ1v) is 9.49.